The highest BCUT2D eigenvalue weighted by atomic mass is 16.6. The molecule has 1 aliphatic rings. The van der Waals surface area contributed by atoms with E-state index in [0.717, 1.165) is 28.2 Å². The predicted molar refractivity (Wildman–Crippen MR) is 93.6 cm³/mol. The van der Waals surface area contributed by atoms with Crippen LogP contribution < -0.4 is 14.8 Å². The van der Waals surface area contributed by atoms with E-state index in [2.05, 4.69) is 23.5 Å². The fraction of sp³-hybridized carbons (Fsp3) is 0.350. The molecule has 0 spiro atoms. The summed E-state index contributed by atoms with van der Waals surface area (Å²) in [5.74, 6) is 1.53. The molecule has 0 radical (unpaired) electrons. The molecule has 0 saturated heterocycles. The van der Waals surface area contributed by atoms with Crippen molar-refractivity contribution in [3.63, 3.8) is 0 Å². The number of carbonyl (C=O) groups excluding carboxylic acids is 1. The van der Waals surface area contributed by atoms with Crippen LogP contribution in [0, 0.1) is 13.8 Å². The first-order valence-electron chi connectivity index (χ1n) is 8.28. The minimum absolute atomic E-state index is 0.0195. The Bertz CT molecular complexity index is 755. The summed E-state index contributed by atoms with van der Waals surface area (Å²) in [6, 6.07) is 11.9. The molecule has 2 aromatic rings. The van der Waals surface area contributed by atoms with Gasteiger partial charge in [-0.1, -0.05) is 29.8 Å². The van der Waals surface area contributed by atoms with E-state index in [0.29, 0.717) is 19.6 Å². The van der Waals surface area contributed by atoms with Crippen LogP contribution in [0.25, 0.3) is 0 Å². The first-order chi connectivity index (χ1) is 11.5. The minimum atomic E-state index is -0.0848. The zero-order chi connectivity index (χ0) is 17.1. The van der Waals surface area contributed by atoms with Crippen LogP contribution in [0.15, 0.2) is 36.4 Å². The summed E-state index contributed by atoms with van der Waals surface area (Å²) in [6.07, 6.45) is 0.391. The lowest BCUT2D eigenvalue weighted by molar-refractivity contribution is -0.121. The molecule has 1 atom stereocenters. The highest BCUT2D eigenvalue weighted by Crippen LogP contribution is 2.32. The van der Waals surface area contributed by atoms with Gasteiger partial charge >= 0.3 is 0 Å². The third kappa shape index (κ3) is 3.70. The van der Waals surface area contributed by atoms with Crippen LogP contribution in [-0.4, -0.2) is 19.1 Å². The fourth-order valence-corrected chi connectivity index (χ4v) is 2.87. The second kappa shape index (κ2) is 6.95. The van der Waals surface area contributed by atoms with Crippen molar-refractivity contribution in [1.82, 2.24) is 5.32 Å². The summed E-state index contributed by atoms with van der Waals surface area (Å²) in [7, 11) is 0. The van der Waals surface area contributed by atoms with Crippen molar-refractivity contribution >= 4 is 5.91 Å². The molecule has 0 bridgehead atoms. The second-order valence-corrected chi connectivity index (χ2v) is 6.30. The molecule has 2 aromatic carbocycles. The monoisotopic (exact) mass is 325 g/mol. The van der Waals surface area contributed by atoms with E-state index < -0.39 is 0 Å². The van der Waals surface area contributed by atoms with Gasteiger partial charge < -0.3 is 14.8 Å². The minimum Gasteiger partial charge on any atom is -0.486 e. The average Bonchev–Trinajstić information content (AvgIpc) is 2.57. The lowest BCUT2D eigenvalue weighted by Gasteiger charge is -2.21. The summed E-state index contributed by atoms with van der Waals surface area (Å²) >= 11 is 0. The molecule has 24 heavy (non-hydrogen) atoms. The fourth-order valence-electron chi connectivity index (χ4n) is 2.87. The molecule has 0 saturated carbocycles. The molecule has 0 aliphatic carbocycles. The van der Waals surface area contributed by atoms with E-state index in [1.54, 1.807) is 0 Å². The summed E-state index contributed by atoms with van der Waals surface area (Å²) in [6.45, 7) is 7.19. The predicted octanol–water partition coefficient (Wildman–Crippen LogP) is 3.49. The number of hydrogen-bond acceptors (Lipinski definition) is 3. The number of carbonyl (C=O) groups is 1. The van der Waals surface area contributed by atoms with Gasteiger partial charge in [0.05, 0.1) is 12.5 Å². The molecule has 1 heterocycles. The quantitative estimate of drug-likeness (QED) is 0.936. The van der Waals surface area contributed by atoms with Crippen molar-refractivity contribution in [2.45, 2.75) is 33.2 Å². The standard InChI is InChI=1S/C20H23NO3/c1-13-4-5-14(2)17(10-13)12-20(22)21-15(3)16-6-7-18-19(11-16)24-9-8-23-18/h4-7,10-11,15H,8-9,12H2,1-3H3,(H,21,22). The van der Waals surface area contributed by atoms with Gasteiger partial charge in [0.15, 0.2) is 11.5 Å². The van der Waals surface area contributed by atoms with Gasteiger partial charge in [0.2, 0.25) is 5.91 Å². The lowest BCUT2D eigenvalue weighted by atomic mass is 10.0. The largest absolute Gasteiger partial charge is 0.486 e. The second-order valence-electron chi connectivity index (χ2n) is 6.30. The van der Waals surface area contributed by atoms with Crippen molar-refractivity contribution in [2.75, 3.05) is 13.2 Å². The van der Waals surface area contributed by atoms with Crippen molar-refractivity contribution in [3.8, 4) is 11.5 Å². The molecule has 1 aliphatic heterocycles. The van der Waals surface area contributed by atoms with E-state index in [4.69, 9.17) is 9.47 Å². The number of rotatable bonds is 4. The molecular weight excluding hydrogens is 302 g/mol. The van der Waals surface area contributed by atoms with E-state index >= 15 is 0 Å². The number of amides is 1. The van der Waals surface area contributed by atoms with Crippen LogP contribution >= 0.6 is 0 Å². The van der Waals surface area contributed by atoms with Crippen molar-refractivity contribution < 1.29 is 14.3 Å². The summed E-state index contributed by atoms with van der Waals surface area (Å²) in [5.41, 5.74) is 4.39. The maximum absolute atomic E-state index is 12.4. The molecule has 1 amide bonds. The highest BCUT2D eigenvalue weighted by Gasteiger charge is 2.16. The first kappa shape index (κ1) is 16.4. The van der Waals surface area contributed by atoms with E-state index in [1.807, 2.05) is 39.0 Å². The van der Waals surface area contributed by atoms with Crippen LogP contribution in [0.4, 0.5) is 0 Å². The van der Waals surface area contributed by atoms with Gasteiger partial charge in [0, 0.05) is 0 Å². The maximum Gasteiger partial charge on any atom is 0.224 e. The van der Waals surface area contributed by atoms with Crippen LogP contribution in [0.1, 0.15) is 35.2 Å². The van der Waals surface area contributed by atoms with Crippen molar-refractivity contribution in [3.05, 3.63) is 58.7 Å². The molecule has 0 aromatic heterocycles. The van der Waals surface area contributed by atoms with Gasteiger partial charge in [-0.05, 0) is 49.6 Å². The Morgan fingerprint density at radius 1 is 1.08 bits per heavy atom. The van der Waals surface area contributed by atoms with Gasteiger partial charge in [-0.15, -0.1) is 0 Å². The first-order valence-corrected chi connectivity index (χ1v) is 8.28. The smallest absolute Gasteiger partial charge is 0.224 e. The Morgan fingerprint density at radius 3 is 2.62 bits per heavy atom. The molecule has 4 nitrogen and oxygen atoms in total. The number of nitrogens with one attached hydrogen (secondary N) is 1. The Kier molecular flexibility index (Phi) is 4.74. The summed E-state index contributed by atoms with van der Waals surface area (Å²) < 4.78 is 11.1. The molecule has 1 unspecified atom stereocenters. The average molecular weight is 325 g/mol. The Morgan fingerprint density at radius 2 is 1.83 bits per heavy atom. The normalized spacial score (nSPS) is 14.1. The molecule has 3 rings (SSSR count). The van der Waals surface area contributed by atoms with Crippen LogP contribution in [0.3, 0.4) is 0 Å². The topological polar surface area (TPSA) is 47.6 Å². The number of benzene rings is 2. The van der Waals surface area contributed by atoms with Gasteiger partial charge in [-0.2, -0.15) is 0 Å². The van der Waals surface area contributed by atoms with E-state index in [1.165, 1.54) is 5.56 Å². The van der Waals surface area contributed by atoms with Gasteiger partial charge in [-0.25, -0.2) is 0 Å². The molecule has 126 valence electrons. The van der Waals surface area contributed by atoms with Crippen LogP contribution in [0.2, 0.25) is 0 Å². The van der Waals surface area contributed by atoms with Crippen molar-refractivity contribution in [1.29, 1.82) is 0 Å². The number of hydrogen-bond donors (Lipinski definition) is 1. The van der Waals surface area contributed by atoms with E-state index in [9.17, 15) is 4.79 Å². The summed E-state index contributed by atoms with van der Waals surface area (Å²) in [5, 5.41) is 3.06. The lowest BCUT2D eigenvalue weighted by Crippen LogP contribution is -2.28. The Hall–Kier alpha value is -2.49. The third-order valence-corrected chi connectivity index (χ3v) is 4.30. The SMILES string of the molecule is Cc1ccc(C)c(CC(=O)NC(C)c2ccc3c(c2)OCCO3)c1. The van der Waals surface area contributed by atoms with Gasteiger partial charge in [-0.3, -0.25) is 4.79 Å². The number of aryl methyl sites for hydroxylation is 2. The molecule has 4 heteroatoms. The summed E-state index contributed by atoms with van der Waals surface area (Å²) in [4.78, 5) is 12.4. The molecule has 0 fully saturated rings. The van der Waals surface area contributed by atoms with E-state index in [-0.39, 0.29) is 11.9 Å². The third-order valence-electron chi connectivity index (χ3n) is 4.30. The number of fused-ring (bicyclic) bond motifs is 1. The number of ether oxygens (including phenoxy) is 2. The maximum atomic E-state index is 12.4. The Balaban J connectivity index is 1.66. The van der Waals surface area contributed by atoms with Gasteiger partial charge in [0.1, 0.15) is 13.2 Å². The highest BCUT2D eigenvalue weighted by molar-refractivity contribution is 5.79. The Labute approximate surface area is 142 Å². The van der Waals surface area contributed by atoms with Crippen LogP contribution in [-0.2, 0) is 11.2 Å². The molecule has 1 N–H and O–H groups in total. The zero-order valence-electron chi connectivity index (χ0n) is 14.4. The van der Waals surface area contributed by atoms with Crippen LogP contribution in [0.5, 0.6) is 11.5 Å². The molecular formula is C20H23NO3. The van der Waals surface area contributed by atoms with Crippen molar-refractivity contribution in [2.24, 2.45) is 0 Å². The van der Waals surface area contributed by atoms with Gasteiger partial charge in [0.25, 0.3) is 0 Å². The zero-order valence-corrected chi connectivity index (χ0v) is 14.4.